The zero-order chi connectivity index (χ0) is 24.1. The van der Waals surface area contributed by atoms with Crippen LogP contribution in [-0.4, -0.2) is 32.4 Å². The monoisotopic (exact) mass is 872 g/mol. The average Bonchev–Trinajstić information content (AvgIpc) is 3.64. The van der Waals surface area contributed by atoms with E-state index in [0.717, 1.165) is 4.88 Å². The number of ether oxygens (including phenoxy) is 1. The predicted octanol–water partition coefficient (Wildman–Crippen LogP) is 1.31. The summed E-state index contributed by atoms with van der Waals surface area (Å²) >= 11 is 3.29. The van der Waals surface area contributed by atoms with Crippen molar-refractivity contribution < 1.29 is 53.1 Å². The van der Waals surface area contributed by atoms with E-state index in [9.17, 15) is 4.79 Å². The number of carbonyl (C=O) groups excluding carboxylic acids is 1. The van der Waals surface area contributed by atoms with Crippen molar-refractivity contribution in [1.82, 2.24) is 27.0 Å². The van der Waals surface area contributed by atoms with Gasteiger partial charge in [0, 0.05) is 0 Å². The third kappa shape index (κ3) is 9.89. The molecule has 0 saturated heterocycles. The minimum absolute atomic E-state index is 0.276. The van der Waals surface area contributed by atoms with Crippen LogP contribution in [0.2, 0.25) is 0 Å². The van der Waals surface area contributed by atoms with E-state index in [4.69, 9.17) is 14.0 Å². The third-order valence-electron chi connectivity index (χ3n) is 3.59. The standard InChI is InChI=1S/C16H16I2N7O2S.C3H5.O.Os/c1-2-27-13-8-20-6-11(23-13)12-7-22-16(28-12)15(26)24-14(18-25-17)10-5-9(19)3-4-21-10;1-2-3-1;;/h3-8,14,25H,2H2,1H3,(H3,19,21,24,26);1H,2-3H2;;/q2*-1;;/p-1. The second-order valence-corrected chi connectivity index (χ2v) is 12.1. The van der Waals surface area contributed by atoms with Crippen LogP contribution >= 0.6 is 34.2 Å². The number of hydrogen-bond donors (Lipinski definition) is 2. The van der Waals surface area contributed by atoms with E-state index in [-0.39, 0.29) is 9.96 Å². The number of alkyl halides is 1. The number of pyridine rings is 1. The summed E-state index contributed by atoms with van der Waals surface area (Å²) in [5, 5.41) is 3.28. The number of nitrogens with zero attached hydrogens (tertiary/aromatic N) is 4. The summed E-state index contributed by atoms with van der Waals surface area (Å²) in [6.45, 7) is 2.37. The summed E-state index contributed by atoms with van der Waals surface area (Å²) in [4.78, 5) is 30.4. The van der Waals surface area contributed by atoms with Gasteiger partial charge in [-0.25, -0.2) is 12.8 Å². The van der Waals surface area contributed by atoms with Crippen LogP contribution in [0.3, 0.4) is 0 Å². The maximum atomic E-state index is 12.7. The summed E-state index contributed by atoms with van der Waals surface area (Å²) in [6.07, 6.45) is 11.3. The molecule has 0 aromatic carbocycles. The molecule has 1 atom stereocenters. The van der Waals surface area contributed by atoms with E-state index in [2.05, 4.69) is 56.3 Å². The van der Waals surface area contributed by atoms with Crippen molar-refractivity contribution in [2.45, 2.75) is 23.8 Å². The van der Waals surface area contributed by atoms with Gasteiger partial charge in [0.25, 0.3) is 0 Å². The molecule has 10 nitrogen and oxygen atoms in total. The molecule has 0 radical (unpaired) electrons. The molecule has 3 aromatic rings. The summed E-state index contributed by atoms with van der Waals surface area (Å²) in [6, 6.07) is 3.25. The Morgan fingerprint density at radius 2 is 2.12 bits per heavy atom. The molecular weight excluding hydrogens is 850 g/mol. The molecule has 4 rings (SSSR count). The number of rotatable bonds is 8. The van der Waals surface area contributed by atoms with Crippen LogP contribution in [0.5, 0.6) is 5.88 Å². The molecule has 1 unspecified atom stereocenters. The fourth-order valence-electron chi connectivity index (χ4n) is 2.14. The molecule has 14 heteroatoms. The number of nitrogens with one attached hydrogen (secondary N) is 3. The van der Waals surface area contributed by atoms with Crippen LogP contribution in [-0.2, 0) is 22.1 Å². The first-order chi connectivity index (χ1) is 16.1. The maximum absolute atomic E-state index is 12.7. The van der Waals surface area contributed by atoms with Crippen molar-refractivity contribution >= 4 is 45.8 Å². The first kappa shape index (κ1) is 28.0. The Balaban J connectivity index is 0.000000695. The van der Waals surface area contributed by atoms with E-state index in [1.807, 2.05) is 6.92 Å². The quantitative estimate of drug-likeness (QED) is 0.114. The Bertz CT molecular complexity index is 1030. The Labute approximate surface area is 230 Å². The summed E-state index contributed by atoms with van der Waals surface area (Å²) in [7, 11) is 0. The molecule has 3 N–H and O–H groups in total. The fraction of sp³-hybridized carbons (Fsp3) is 0.263. The van der Waals surface area contributed by atoms with E-state index >= 15 is 0 Å². The van der Waals surface area contributed by atoms with Crippen molar-refractivity contribution in [2.75, 3.05) is 6.61 Å². The molecule has 180 valence electrons. The van der Waals surface area contributed by atoms with E-state index in [1.54, 1.807) is 36.9 Å². The van der Waals surface area contributed by atoms with Crippen LogP contribution < -0.4 is 33.3 Å². The van der Waals surface area contributed by atoms with Gasteiger partial charge in [-0.2, -0.15) is 0 Å². The van der Waals surface area contributed by atoms with Gasteiger partial charge in [0.2, 0.25) is 0 Å². The van der Waals surface area contributed by atoms with Crippen LogP contribution in [0, 0.1) is 6.42 Å². The van der Waals surface area contributed by atoms with Gasteiger partial charge in [-0.1, -0.05) is 0 Å². The van der Waals surface area contributed by atoms with E-state index in [0.29, 0.717) is 53.1 Å². The molecule has 1 amide bonds. The van der Waals surface area contributed by atoms with Crippen molar-refractivity contribution in [2.24, 2.45) is 0 Å². The number of carbonyl (C=O) groups is 1. The van der Waals surface area contributed by atoms with Gasteiger partial charge in [-0.15, -0.1) is 0 Å². The van der Waals surface area contributed by atoms with Gasteiger partial charge in [0.1, 0.15) is 0 Å². The van der Waals surface area contributed by atoms with Crippen molar-refractivity contribution in [3.63, 3.8) is 0 Å². The number of aromatic nitrogens is 4. The third-order valence-corrected chi connectivity index (χ3v) is 8.00. The van der Waals surface area contributed by atoms with Crippen molar-refractivity contribution in [3.8, 4) is 16.5 Å². The van der Waals surface area contributed by atoms with Crippen LogP contribution in [0.4, 0.5) is 5.69 Å². The number of hydrogen-bond acceptors (Lipinski definition) is 9. The molecule has 1 aliphatic carbocycles. The fourth-order valence-corrected chi connectivity index (χ4v) is 5.83. The number of amides is 1. The number of thiazole rings is 1. The zero-order valence-electron chi connectivity index (χ0n) is 17.3. The number of halogens is 2. The molecular formula is C19H20I2N7O3OsS-3. The second-order valence-electron chi connectivity index (χ2n) is 6.06. The Morgan fingerprint density at radius 3 is 2.76 bits per heavy atom. The summed E-state index contributed by atoms with van der Waals surface area (Å²) in [5.74, 6) is 0.136. The van der Waals surface area contributed by atoms with Gasteiger partial charge in [-0.05, 0) is 0 Å². The zero-order valence-corrected chi connectivity index (χ0v) is 24.9. The Kier molecular flexibility index (Phi) is 13.3. The Hall–Kier alpha value is -1.21. The Morgan fingerprint density at radius 1 is 1.36 bits per heavy atom. The SMILES string of the molecule is CCOc1cncc(-c2cnc(C(=O)NC([I-]NI)c3cc([NH-])ccn3)s2)n1.[CH-]1CC1.[O]=[Os]. The molecule has 0 bridgehead atoms. The topological polar surface area (TPSA) is 143 Å². The molecule has 1 aliphatic rings. The summed E-state index contributed by atoms with van der Waals surface area (Å²) < 4.78 is 16.5. The van der Waals surface area contributed by atoms with Crippen LogP contribution in [0.15, 0.2) is 36.9 Å². The van der Waals surface area contributed by atoms with Crippen LogP contribution in [0.1, 0.15) is 39.3 Å². The predicted molar refractivity (Wildman–Crippen MR) is 124 cm³/mol. The molecule has 1 fully saturated rings. The van der Waals surface area contributed by atoms with E-state index < -0.39 is 21.5 Å². The second kappa shape index (κ2) is 15.6. The molecule has 3 aromatic heterocycles. The molecule has 0 spiro atoms. The van der Waals surface area contributed by atoms with Gasteiger partial charge in [0.05, 0.1) is 0 Å². The van der Waals surface area contributed by atoms with Gasteiger partial charge in [-0.3, -0.25) is 0 Å². The van der Waals surface area contributed by atoms with Gasteiger partial charge >= 0.3 is 213 Å². The van der Waals surface area contributed by atoms with Crippen LogP contribution in [0.25, 0.3) is 16.3 Å². The van der Waals surface area contributed by atoms with E-state index in [1.165, 1.54) is 24.2 Å². The first-order valence-electron chi connectivity index (χ1n) is 9.44. The van der Waals surface area contributed by atoms with Crippen molar-refractivity contribution in [1.29, 1.82) is 0 Å². The molecule has 1 saturated carbocycles. The summed E-state index contributed by atoms with van der Waals surface area (Å²) in [5.41, 5.74) is 9.37. The van der Waals surface area contributed by atoms with Gasteiger partial charge < -0.3 is 6.42 Å². The first-order valence-corrected chi connectivity index (χ1v) is 14.7. The molecule has 33 heavy (non-hydrogen) atoms. The average molecular weight is 871 g/mol. The van der Waals surface area contributed by atoms with Gasteiger partial charge in [0.15, 0.2) is 0 Å². The molecule has 0 aliphatic heterocycles. The molecule has 3 heterocycles. The normalized spacial score (nSPS) is 12.5. The minimum atomic E-state index is -0.605. The van der Waals surface area contributed by atoms with Crippen molar-refractivity contribution in [3.05, 3.63) is 59.8 Å².